The summed E-state index contributed by atoms with van der Waals surface area (Å²) in [5.74, 6) is 0.303. The molecular formula is C17H17BrClNO2. The number of rotatable bonds is 6. The Morgan fingerprint density at radius 1 is 1.27 bits per heavy atom. The minimum atomic E-state index is -0.243. The van der Waals surface area contributed by atoms with Gasteiger partial charge in [-0.1, -0.05) is 46.9 Å². The van der Waals surface area contributed by atoms with Crippen LogP contribution in [-0.2, 0) is 0 Å². The van der Waals surface area contributed by atoms with Crippen LogP contribution >= 0.6 is 27.5 Å². The highest BCUT2D eigenvalue weighted by atomic mass is 79.9. The molecule has 22 heavy (non-hydrogen) atoms. The smallest absolute Gasteiger partial charge is 0.259 e. The number of hydrogen-bond donors (Lipinski definition) is 1. The summed E-state index contributed by atoms with van der Waals surface area (Å²) in [7, 11) is 0. The molecule has 0 unspecified atom stereocenters. The fourth-order valence-corrected chi connectivity index (χ4v) is 2.47. The number of anilines is 1. The van der Waals surface area contributed by atoms with Gasteiger partial charge in [-0.15, -0.1) is 0 Å². The van der Waals surface area contributed by atoms with Crippen molar-refractivity contribution in [2.24, 2.45) is 0 Å². The SMILES string of the molecule is CCCCOc1ccc(Cl)cc1C(=O)Nc1cccc(Br)c1. The van der Waals surface area contributed by atoms with Gasteiger partial charge in [0, 0.05) is 15.2 Å². The molecule has 0 fully saturated rings. The lowest BCUT2D eigenvalue weighted by Crippen LogP contribution is -2.14. The molecule has 0 spiro atoms. The number of halogens is 2. The Balaban J connectivity index is 2.18. The van der Waals surface area contributed by atoms with Gasteiger partial charge in [0.05, 0.1) is 12.2 Å². The first-order valence-electron chi connectivity index (χ1n) is 7.09. The highest BCUT2D eigenvalue weighted by Crippen LogP contribution is 2.25. The third kappa shape index (κ3) is 4.75. The summed E-state index contributed by atoms with van der Waals surface area (Å²) in [6.45, 7) is 2.67. The Kier molecular flexibility index (Phi) is 6.28. The Labute approximate surface area is 143 Å². The van der Waals surface area contributed by atoms with Crippen molar-refractivity contribution in [2.45, 2.75) is 19.8 Å². The van der Waals surface area contributed by atoms with Crippen LogP contribution in [0.4, 0.5) is 5.69 Å². The topological polar surface area (TPSA) is 38.3 Å². The van der Waals surface area contributed by atoms with Crippen LogP contribution in [0.1, 0.15) is 30.1 Å². The van der Waals surface area contributed by atoms with E-state index in [2.05, 4.69) is 28.2 Å². The van der Waals surface area contributed by atoms with Crippen LogP contribution in [0.5, 0.6) is 5.75 Å². The number of unbranched alkanes of at least 4 members (excludes halogenated alkanes) is 1. The number of carbonyl (C=O) groups is 1. The van der Waals surface area contributed by atoms with Crippen LogP contribution in [0, 0.1) is 0 Å². The molecule has 0 aliphatic heterocycles. The lowest BCUT2D eigenvalue weighted by molar-refractivity contribution is 0.102. The number of ether oxygens (including phenoxy) is 1. The molecule has 3 nitrogen and oxygen atoms in total. The monoisotopic (exact) mass is 381 g/mol. The van der Waals surface area contributed by atoms with Gasteiger partial charge in [0.25, 0.3) is 5.91 Å². The Morgan fingerprint density at radius 2 is 2.09 bits per heavy atom. The minimum absolute atomic E-state index is 0.243. The minimum Gasteiger partial charge on any atom is -0.493 e. The molecule has 5 heteroatoms. The van der Waals surface area contributed by atoms with E-state index in [1.807, 2.05) is 24.3 Å². The van der Waals surface area contributed by atoms with Gasteiger partial charge in [-0.05, 0) is 42.8 Å². The first kappa shape index (κ1) is 16.8. The summed E-state index contributed by atoms with van der Waals surface area (Å²) >= 11 is 9.39. The van der Waals surface area contributed by atoms with Gasteiger partial charge in [0.15, 0.2) is 0 Å². The predicted octanol–water partition coefficient (Wildman–Crippen LogP) is 5.53. The number of hydrogen-bond acceptors (Lipinski definition) is 2. The average Bonchev–Trinajstić information content (AvgIpc) is 2.49. The zero-order valence-electron chi connectivity index (χ0n) is 12.2. The molecule has 2 aromatic rings. The van der Waals surface area contributed by atoms with E-state index < -0.39 is 0 Å². The summed E-state index contributed by atoms with van der Waals surface area (Å²) in [4.78, 5) is 12.5. The Morgan fingerprint density at radius 3 is 2.82 bits per heavy atom. The molecule has 116 valence electrons. The van der Waals surface area contributed by atoms with Crippen molar-refractivity contribution in [3.05, 3.63) is 57.5 Å². The number of benzene rings is 2. The maximum Gasteiger partial charge on any atom is 0.259 e. The molecular weight excluding hydrogens is 366 g/mol. The van der Waals surface area contributed by atoms with Crippen LogP contribution < -0.4 is 10.1 Å². The van der Waals surface area contributed by atoms with E-state index in [1.165, 1.54) is 0 Å². The maximum atomic E-state index is 12.5. The highest BCUT2D eigenvalue weighted by Gasteiger charge is 2.14. The van der Waals surface area contributed by atoms with Crippen molar-refractivity contribution in [3.63, 3.8) is 0 Å². The van der Waals surface area contributed by atoms with Crippen LogP contribution in [-0.4, -0.2) is 12.5 Å². The van der Waals surface area contributed by atoms with E-state index in [4.69, 9.17) is 16.3 Å². The van der Waals surface area contributed by atoms with Crippen LogP contribution in [0.2, 0.25) is 5.02 Å². The van der Waals surface area contributed by atoms with Gasteiger partial charge in [0.1, 0.15) is 5.75 Å². The van der Waals surface area contributed by atoms with E-state index in [9.17, 15) is 4.79 Å². The molecule has 0 aliphatic rings. The molecule has 2 rings (SSSR count). The van der Waals surface area contributed by atoms with E-state index in [0.717, 1.165) is 17.3 Å². The van der Waals surface area contributed by atoms with E-state index >= 15 is 0 Å². The van der Waals surface area contributed by atoms with E-state index in [1.54, 1.807) is 18.2 Å². The van der Waals surface area contributed by atoms with Crippen molar-refractivity contribution < 1.29 is 9.53 Å². The molecule has 1 N–H and O–H groups in total. The van der Waals surface area contributed by atoms with Gasteiger partial charge in [-0.25, -0.2) is 0 Å². The summed E-state index contributed by atoms with van der Waals surface area (Å²) < 4.78 is 6.59. The molecule has 0 atom stereocenters. The van der Waals surface area contributed by atoms with Crippen LogP contribution in [0.15, 0.2) is 46.9 Å². The van der Waals surface area contributed by atoms with Crippen LogP contribution in [0.3, 0.4) is 0 Å². The molecule has 2 aromatic carbocycles. The average molecular weight is 383 g/mol. The molecule has 0 aromatic heterocycles. The van der Waals surface area contributed by atoms with Crippen molar-refractivity contribution in [3.8, 4) is 5.75 Å². The van der Waals surface area contributed by atoms with Gasteiger partial charge in [-0.2, -0.15) is 0 Å². The second-order valence-electron chi connectivity index (χ2n) is 4.81. The fraction of sp³-hybridized carbons (Fsp3) is 0.235. The maximum absolute atomic E-state index is 12.5. The van der Waals surface area contributed by atoms with Crippen molar-refractivity contribution in [1.82, 2.24) is 0 Å². The van der Waals surface area contributed by atoms with Gasteiger partial charge in [-0.3, -0.25) is 4.79 Å². The number of nitrogens with one attached hydrogen (secondary N) is 1. The van der Waals surface area contributed by atoms with Crippen molar-refractivity contribution in [2.75, 3.05) is 11.9 Å². The Bertz CT molecular complexity index is 661. The highest BCUT2D eigenvalue weighted by molar-refractivity contribution is 9.10. The lowest BCUT2D eigenvalue weighted by atomic mass is 10.1. The summed E-state index contributed by atoms with van der Waals surface area (Å²) in [6.07, 6.45) is 1.97. The quantitative estimate of drug-likeness (QED) is 0.667. The zero-order chi connectivity index (χ0) is 15.9. The Hall–Kier alpha value is -1.52. The summed E-state index contributed by atoms with van der Waals surface area (Å²) in [6, 6.07) is 12.5. The summed E-state index contributed by atoms with van der Waals surface area (Å²) in [5.41, 5.74) is 1.14. The largest absolute Gasteiger partial charge is 0.493 e. The third-order valence-corrected chi connectivity index (χ3v) is 3.75. The molecule has 0 radical (unpaired) electrons. The number of amides is 1. The van der Waals surface area contributed by atoms with E-state index in [0.29, 0.717) is 28.6 Å². The molecule has 0 aliphatic carbocycles. The van der Waals surface area contributed by atoms with Crippen LogP contribution in [0.25, 0.3) is 0 Å². The van der Waals surface area contributed by atoms with Crippen molar-refractivity contribution >= 4 is 39.1 Å². The van der Waals surface area contributed by atoms with Gasteiger partial charge < -0.3 is 10.1 Å². The van der Waals surface area contributed by atoms with Gasteiger partial charge in [0.2, 0.25) is 0 Å². The standard InChI is InChI=1S/C17H17BrClNO2/c1-2-3-9-22-16-8-7-13(19)11-15(16)17(21)20-14-6-4-5-12(18)10-14/h4-8,10-11H,2-3,9H2,1H3,(H,20,21). The fourth-order valence-electron chi connectivity index (χ4n) is 1.90. The predicted molar refractivity (Wildman–Crippen MR) is 94.0 cm³/mol. The molecule has 0 saturated heterocycles. The first-order valence-corrected chi connectivity index (χ1v) is 8.26. The second-order valence-corrected chi connectivity index (χ2v) is 6.16. The van der Waals surface area contributed by atoms with Gasteiger partial charge >= 0.3 is 0 Å². The molecule has 0 bridgehead atoms. The lowest BCUT2D eigenvalue weighted by Gasteiger charge is -2.12. The zero-order valence-corrected chi connectivity index (χ0v) is 14.6. The number of carbonyl (C=O) groups excluding carboxylic acids is 1. The first-order chi connectivity index (χ1) is 10.6. The second kappa shape index (κ2) is 8.20. The molecule has 1 amide bonds. The summed E-state index contributed by atoms with van der Waals surface area (Å²) in [5, 5.41) is 3.35. The third-order valence-electron chi connectivity index (χ3n) is 3.02. The normalized spacial score (nSPS) is 10.3. The molecule has 0 heterocycles. The van der Waals surface area contributed by atoms with E-state index in [-0.39, 0.29) is 5.91 Å². The van der Waals surface area contributed by atoms with Crippen molar-refractivity contribution in [1.29, 1.82) is 0 Å². The molecule has 0 saturated carbocycles.